The van der Waals surface area contributed by atoms with Crippen LogP contribution >= 0.6 is 0 Å². The van der Waals surface area contributed by atoms with Crippen LogP contribution in [0.4, 0.5) is 11.4 Å². The summed E-state index contributed by atoms with van der Waals surface area (Å²) in [7, 11) is -3.25. The summed E-state index contributed by atoms with van der Waals surface area (Å²) < 4.78 is 29.9. The minimum atomic E-state index is -3.25. The van der Waals surface area contributed by atoms with Crippen LogP contribution in [0.1, 0.15) is 0 Å². The SMILES string of the molecule is CS(=O)(=O)N1CCOC(CNc2ccccc2[N+](=O)[O-])C1. The van der Waals surface area contributed by atoms with Gasteiger partial charge in [0, 0.05) is 25.7 Å². The van der Waals surface area contributed by atoms with E-state index in [1.54, 1.807) is 18.2 Å². The monoisotopic (exact) mass is 315 g/mol. The van der Waals surface area contributed by atoms with Crippen LogP contribution in [0.25, 0.3) is 0 Å². The third-order valence-electron chi connectivity index (χ3n) is 3.19. The summed E-state index contributed by atoms with van der Waals surface area (Å²) in [5, 5.41) is 13.9. The summed E-state index contributed by atoms with van der Waals surface area (Å²) in [6, 6.07) is 6.30. The number of nitrogens with zero attached hydrogens (tertiary/aromatic N) is 2. The van der Waals surface area contributed by atoms with Crippen LogP contribution in [0.5, 0.6) is 0 Å². The molecule has 0 saturated carbocycles. The Balaban J connectivity index is 1.99. The molecule has 1 aliphatic rings. The van der Waals surface area contributed by atoms with Gasteiger partial charge in [-0.1, -0.05) is 12.1 Å². The first kappa shape index (κ1) is 15.7. The van der Waals surface area contributed by atoms with Gasteiger partial charge in [-0.2, -0.15) is 4.31 Å². The van der Waals surface area contributed by atoms with E-state index in [-0.39, 0.29) is 18.3 Å². The van der Waals surface area contributed by atoms with Gasteiger partial charge in [0.05, 0.1) is 23.9 Å². The zero-order chi connectivity index (χ0) is 15.5. The van der Waals surface area contributed by atoms with Gasteiger partial charge < -0.3 is 10.1 Å². The predicted molar refractivity (Wildman–Crippen MR) is 77.7 cm³/mol. The van der Waals surface area contributed by atoms with Crippen LogP contribution in [0.2, 0.25) is 0 Å². The molecule has 116 valence electrons. The van der Waals surface area contributed by atoms with E-state index in [1.165, 1.54) is 10.4 Å². The minimum absolute atomic E-state index is 0.0201. The van der Waals surface area contributed by atoms with E-state index >= 15 is 0 Å². The molecule has 0 bridgehead atoms. The molecule has 1 aromatic carbocycles. The summed E-state index contributed by atoms with van der Waals surface area (Å²) in [5.74, 6) is 0. The Bertz CT molecular complexity index is 619. The highest BCUT2D eigenvalue weighted by Crippen LogP contribution is 2.23. The molecule has 1 fully saturated rings. The molecule has 0 aliphatic carbocycles. The van der Waals surface area contributed by atoms with Gasteiger partial charge in [0.25, 0.3) is 5.69 Å². The Morgan fingerprint density at radius 1 is 1.48 bits per heavy atom. The summed E-state index contributed by atoms with van der Waals surface area (Å²) in [5.41, 5.74) is 0.371. The lowest BCUT2D eigenvalue weighted by molar-refractivity contribution is -0.384. The van der Waals surface area contributed by atoms with E-state index < -0.39 is 14.9 Å². The third kappa shape index (κ3) is 4.13. The van der Waals surface area contributed by atoms with Crippen LogP contribution < -0.4 is 5.32 Å². The average Bonchev–Trinajstić information content (AvgIpc) is 2.45. The van der Waals surface area contributed by atoms with E-state index in [2.05, 4.69) is 5.32 Å². The molecule has 0 spiro atoms. The maximum absolute atomic E-state index is 11.5. The number of nitro groups is 1. The molecule has 0 amide bonds. The highest BCUT2D eigenvalue weighted by Gasteiger charge is 2.26. The molecular weight excluding hydrogens is 298 g/mol. The molecule has 1 N–H and O–H groups in total. The largest absolute Gasteiger partial charge is 0.377 e. The summed E-state index contributed by atoms with van der Waals surface area (Å²) >= 11 is 0. The number of para-hydroxylation sites is 2. The van der Waals surface area contributed by atoms with Crippen molar-refractivity contribution in [3.8, 4) is 0 Å². The third-order valence-corrected chi connectivity index (χ3v) is 4.46. The van der Waals surface area contributed by atoms with E-state index in [1.807, 2.05) is 0 Å². The lowest BCUT2D eigenvalue weighted by atomic mass is 10.2. The van der Waals surface area contributed by atoms with Gasteiger partial charge >= 0.3 is 0 Å². The molecule has 9 heteroatoms. The molecule has 1 atom stereocenters. The predicted octanol–water partition coefficient (Wildman–Crippen LogP) is 0.667. The van der Waals surface area contributed by atoms with Crippen LogP contribution in [0.3, 0.4) is 0 Å². The normalized spacial score (nSPS) is 20.1. The Kier molecular flexibility index (Phi) is 4.76. The lowest BCUT2D eigenvalue weighted by Gasteiger charge is -2.31. The minimum Gasteiger partial charge on any atom is -0.377 e. The first-order valence-corrected chi connectivity index (χ1v) is 8.27. The summed E-state index contributed by atoms with van der Waals surface area (Å²) in [6.07, 6.45) is 0.818. The maximum atomic E-state index is 11.5. The zero-order valence-corrected chi connectivity index (χ0v) is 12.4. The van der Waals surface area contributed by atoms with Gasteiger partial charge in [0.1, 0.15) is 5.69 Å². The smallest absolute Gasteiger partial charge is 0.292 e. The Morgan fingerprint density at radius 3 is 2.86 bits per heavy atom. The number of hydrogen-bond donors (Lipinski definition) is 1. The Labute approximate surface area is 122 Å². The van der Waals surface area contributed by atoms with Crippen molar-refractivity contribution in [1.82, 2.24) is 4.31 Å². The number of hydrogen-bond acceptors (Lipinski definition) is 6. The second-order valence-corrected chi connectivity index (χ2v) is 6.75. The fourth-order valence-corrected chi connectivity index (χ4v) is 2.97. The Hall–Kier alpha value is -1.71. The molecule has 1 heterocycles. The average molecular weight is 315 g/mol. The van der Waals surface area contributed by atoms with Crippen molar-refractivity contribution in [3.63, 3.8) is 0 Å². The van der Waals surface area contributed by atoms with Gasteiger partial charge in [0.2, 0.25) is 10.0 Å². The standard InChI is InChI=1S/C12H17N3O5S/c1-21(18,19)14-6-7-20-10(9-14)8-13-11-4-2-3-5-12(11)15(16)17/h2-5,10,13H,6-9H2,1H3. The highest BCUT2D eigenvalue weighted by atomic mass is 32.2. The first-order chi connectivity index (χ1) is 9.88. The van der Waals surface area contributed by atoms with Crippen LogP contribution in [-0.2, 0) is 14.8 Å². The van der Waals surface area contributed by atoms with E-state index in [4.69, 9.17) is 4.74 Å². The van der Waals surface area contributed by atoms with E-state index in [9.17, 15) is 18.5 Å². The molecule has 1 unspecified atom stereocenters. The second-order valence-electron chi connectivity index (χ2n) is 4.77. The number of sulfonamides is 1. The van der Waals surface area contributed by atoms with Gasteiger partial charge in [0.15, 0.2) is 0 Å². The summed E-state index contributed by atoms with van der Waals surface area (Å²) in [6.45, 7) is 1.19. The van der Waals surface area contributed by atoms with Crippen molar-refractivity contribution in [2.45, 2.75) is 6.10 Å². The van der Waals surface area contributed by atoms with Crippen LogP contribution in [0, 0.1) is 10.1 Å². The zero-order valence-electron chi connectivity index (χ0n) is 11.6. The topological polar surface area (TPSA) is 102 Å². The fraction of sp³-hybridized carbons (Fsp3) is 0.500. The molecule has 0 aromatic heterocycles. The lowest BCUT2D eigenvalue weighted by Crippen LogP contribution is -2.47. The maximum Gasteiger partial charge on any atom is 0.292 e. The van der Waals surface area contributed by atoms with Gasteiger partial charge in [-0.3, -0.25) is 10.1 Å². The molecule has 8 nitrogen and oxygen atoms in total. The van der Waals surface area contributed by atoms with Gasteiger partial charge in [-0.15, -0.1) is 0 Å². The van der Waals surface area contributed by atoms with E-state index in [0.717, 1.165) is 6.26 Å². The van der Waals surface area contributed by atoms with Crippen molar-refractivity contribution >= 4 is 21.4 Å². The number of anilines is 1. The summed E-state index contributed by atoms with van der Waals surface area (Å²) in [4.78, 5) is 10.4. The fourth-order valence-electron chi connectivity index (χ4n) is 2.12. The van der Waals surface area contributed by atoms with Crippen LogP contribution in [0.15, 0.2) is 24.3 Å². The molecule has 1 aliphatic heterocycles. The first-order valence-electron chi connectivity index (χ1n) is 6.42. The molecule has 1 saturated heterocycles. The number of morpholine rings is 1. The number of nitro benzene ring substituents is 1. The molecule has 1 aromatic rings. The van der Waals surface area contributed by atoms with E-state index in [0.29, 0.717) is 25.4 Å². The van der Waals surface area contributed by atoms with Crippen LogP contribution in [-0.4, -0.2) is 56.2 Å². The molecular formula is C12H17N3O5S. The van der Waals surface area contributed by atoms with Crippen molar-refractivity contribution in [2.75, 3.05) is 37.8 Å². The molecule has 0 radical (unpaired) electrons. The van der Waals surface area contributed by atoms with Crippen molar-refractivity contribution < 1.29 is 18.1 Å². The molecule has 21 heavy (non-hydrogen) atoms. The number of ether oxygens (including phenoxy) is 1. The highest BCUT2D eigenvalue weighted by molar-refractivity contribution is 7.88. The van der Waals surface area contributed by atoms with Gasteiger partial charge in [-0.05, 0) is 6.07 Å². The number of benzene rings is 1. The van der Waals surface area contributed by atoms with Gasteiger partial charge in [-0.25, -0.2) is 8.42 Å². The number of nitrogens with one attached hydrogen (secondary N) is 1. The molecule has 2 rings (SSSR count). The Morgan fingerprint density at radius 2 is 2.19 bits per heavy atom. The van der Waals surface area contributed by atoms with Crippen molar-refractivity contribution in [2.24, 2.45) is 0 Å². The second kappa shape index (κ2) is 6.37. The van der Waals surface area contributed by atoms with Crippen molar-refractivity contribution in [3.05, 3.63) is 34.4 Å². The number of rotatable bonds is 5. The van der Waals surface area contributed by atoms with Crippen molar-refractivity contribution in [1.29, 1.82) is 0 Å². The quantitative estimate of drug-likeness (QED) is 0.633.